The van der Waals surface area contributed by atoms with E-state index in [1.54, 1.807) is 0 Å². The van der Waals surface area contributed by atoms with Crippen LogP contribution in [0.25, 0.3) is 0 Å². The van der Waals surface area contributed by atoms with Gasteiger partial charge in [0.2, 0.25) is 0 Å². The van der Waals surface area contributed by atoms with Gasteiger partial charge in [0.1, 0.15) is 5.75 Å². The lowest BCUT2D eigenvalue weighted by atomic mass is 9.94. The van der Waals surface area contributed by atoms with Crippen molar-refractivity contribution in [3.05, 3.63) is 65.3 Å². The molecule has 0 amide bonds. The van der Waals surface area contributed by atoms with Crippen molar-refractivity contribution in [1.82, 2.24) is 0 Å². The van der Waals surface area contributed by atoms with E-state index in [1.165, 1.54) is 5.56 Å². The summed E-state index contributed by atoms with van der Waals surface area (Å²) in [5.41, 5.74) is 6.30. The molecule has 0 bridgehead atoms. The molecule has 0 fully saturated rings. The van der Waals surface area contributed by atoms with E-state index in [0.29, 0.717) is 18.6 Å². The number of hydrogen-bond acceptors (Lipinski definition) is 1. The summed E-state index contributed by atoms with van der Waals surface area (Å²) in [5.74, 6) is 0.386. The van der Waals surface area contributed by atoms with Gasteiger partial charge in [-0.15, -0.1) is 0 Å². The Bertz CT molecular complexity index is 483. The summed E-state index contributed by atoms with van der Waals surface area (Å²) < 4.78 is 0. The van der Waals surface area contributed by atoms with Gasteiger partial charge in [0.05, 0.1) is 0 Å². The van der Waals surface area contributed by atoms with E-state index in [-0.39, 0.29) is 0 Å². The first-order valence-electron chi connectivity index (χ1n) is 6.56. The van der Waals surface area contributed by atoms with Gasteiger partial charge >= 0.3 is 0 Å². The molecule has 0 radical (unpaired) electrons. The number of aromatic hydroxyl groups is 1. The standard InChI is InChI=1S/C18H24O/c1-12(2)7-15-10-16(8-13(3)4)18(19)17(11-15)9-14(5)6/h10-11,19H,1,3,5,7-9H2,2,4,6H3. The SMILES string of the molecule is C=C(C)Cc1cc(CC(=C)C)c(O)c(CC(=C)C)c1. The van der Waals surface area contributed by atoms with Crippen molar-refractivity contribution < 1.29 is 5.11 Å². The zero-order valence-corrected chi connectivity index (χ0v) is 12.3. The molecule has 1 aromatic rings. The molecule has 102 valence electrons. The molecular formula is C18H24O. The lowest BCUT2D eigenvalue weighted by Gasteiger charge is -2.13. The van der Waals surface area contributed by atoms with Gasteiger partial charge in [-0.05, 0) is 56.7 Å². The van der Waals surface area contributed by atoms with Crippen LogP contribution < -0.4 is 0 Å². The van der Waals surface area contributed by atoms with Crippen molar-refractivity contribution in [3.63, 3.8) is 0 Å². The summed E-state index contributed by atoms with van der Waals surface area (Å²) in [7, 11) is 0. The Morgan fingerprint density at radius 2 is 1.21 bits per heavy atom. The molecule has 0 heterocycles. The monoisotopic (exact) mass is 256 g/mol. The van der Waals surface area contributed by atoms with Crippen LogP contribution in [0.2, 0.25) is 0 Å². The van der Waals surface area contributed by atoms with E-state index >= 15 is 0 Å². The lowest BCUT2D eigenvalue weighted by molar-refractivity contribution is 0.463. The third-order valence-corrected chi connectivity index (χ3v) is 2.82. The summed E-state index contributed by atoms with van der Waals surface area (Å²) >= 11 is 0. The summed E-state index contributed by atoms with van der Waals surface area (Å²) in [6.45, 7) is 17.8. The normalized spacial score (nSPS) is 10.3. The maximum atomic E-state index is 10.3. The molecule has 1 rings (SSSR count). The predicted octanol–water partition coefficient (Wildman–Crippen LogP) is 4.75. The first-order chi connectivity index (χ1) is 8.79. The highest BCUT2D eigenvalue weighted by Crippen LogP contribution is 2.29. The fourth-order valence-electron chi connectivity index (χ4n) is 2.20. The predicted molar refractivity (Wildman–Crippen MR) is 83.7 cm³/mol. The van der Waals surface area contributed by atoms with Gasteiger partial charge in [-0.25, -0.2) is 0 Å². The van der Waals surface area contributed by atoms with Crippen LogP contribution in [-0.2, 0) is 19.3 Å². The van der Waals surface area contributed by atoms with Crippen molar-refractivity contribution in [2.24, 2.45) is 0 Å². The first kappa shape index (κ1) is 15.3. The molecule has 0 aliphatic heterocycles. The van der Waals surface area contributed by atoms with E-state index in [1.807, 2.05) is 20.8 Å². The van der Waals surface area contributed by atoms with Gasteiger partial charge in [0.15, 0.2) is 0 Å². The maximum Gasteiger partial charge on any atom is 0.122 e. The van der Waals surface area contributed by atoms with E-state index in [2.05, 4.69) is 31.9 Å². The van der Waals surface area contributed by atoms with Crippen LogP contribution in [0.5, 0.6) is 5.75 Å². The van der Waals surface area contributed by atoms with Gasteiger partial charge in [0.25, 0.3) is 0 Å². The highest BCUT2D eigenvalue weighted by atomic mass is 16.3. The second-order valence-electron chi connectivity index (χ2n) is 5.66. The minimum absolute atomic E-state index is 0.386. The van der Waals surface area contributed by atoms with Crippen LogP contribution in [-0.4, -0.2) is 5.11 Å². The van der Waals surface area contributed by atoms with Crippen LogP contribution in [0.1, 0.15) is 37.5 Å². The molecule has 1 heteroatoms. The Hall–Kier alpha value is -1.76. The number of benzene rings is 1. The number of phenols is 1. The first-order valence-corrected chi connectivity index (χ1v) is 6.56. The highest BCUT2D eigenvalue weighted by Gasteiger charge is 2.10. The summed E-state index contributed by atoms with van der Waals surface area (Å²) in [6, 6.07) is 4.11. The van der Waals surface area contributed by atoms with Gasteiger partial charge in [-0.3, -0.25) is 0 Å². The second kappa shape index (κ2) is 6.42. The quantitative estimate of drug-likeness (QED) is 0.728. The summed E-state index contributed by atoms with van der Waals surface area (Å²) in [5, 5.41) is 10.3. The van der Waals surface area contributed by atoms with Crippen molar-refractivity contribution in [3.8, 4) is 5.75 Å². The minimum atomic E-state index is 0.386. The van der Waals surface area contributed by atoms with Gasteiger partial charge in [-0.2, -0.15) is 0 Å². The fraction of sp³-hybridized carbons (Fsp3) is 0.333. The molecule has 1 aromatic carbocycles. The molecule has 0 saturated carbocycles. The molecule has 1 N–H and O–H groups in total. The van der Waals surface area contributed by atoms with E-state index in [9.17, 15) is 5.11 Å². The zero-order chi connectivity index (χ0) is 14.6. The van der Waals surface area contributed by atoms with E-state index in [0.717, 1.165) is 34.3 Å². The average Bonchev–Trinajstić information content (AvgIpc) is 2.22. The lowest BCUT2D eigenvalue weighted by Crippen LogP contribution is -1.98. The van der Waals surface area contributed by atoms with Gasteiger partial charge < -0.3 is 5.11 Å². The maximum absolute atomic E-state index is 10.3. The number of rotatable bonds is 6. The van der Waals surface area contributed by atoms with E-state index in [4.69, 9.17) is 0 Å². The number of hydrogen-bond donors (Lipinski definition) is 1. The Labute approximate surface area is 117 Å². The third-order valence-electron chi connectivity index (χ3n) is 2.82. The van der Waals surface area contributed by atoms with Crippen molar-refractivity contribution in [1.29, 1.82) is 0 Å². The number of allylic oxidation sites excluding steroid dienone is 3. The molecule has 0 aliphatic carbocycles. The topological polar surface area (TPSA) is 20.2 Å². The minimum Gasteiger partial charge on any atom is -0.507 e. The number of phenolic OH excluding ortho intramolecular Hbond substituents is 1. The van der Waals surface area contributed by atoms with Crippen molar-refractivity contribution in [2.75, 3.05) is 0 Å². The molecule has 0 saturated heterocycles. The molecule has 0 aromatic heterocycles. The molecule has 0 atom stereocenters. The van der Waals surface area contributed by atoms with Crippen molar-refractivity contribution >= 4 is 0 Å². The van der Waals surface area contributed by atoms with Gasteiger partial charge in [0, 0.05) is 0 Å². The molecule has 19 heavy (non-hydrogen) atoms. The zero-order valence-electron chi connectivity index (χ0n) is 12.3. The van der Waals surface area contributed by atoms with Crippen LogP contribution in [0.15, 0.2) is 48.6 Å². The Morgan fingerprint density at radius 3 is 1.53 bits per heavy atom. The summed E-state index contributed by atoms with van der Waals surface area (Å²) in [4.78, 5) is 0. The molecule has 0 unspecified atom stereocenters. The van der Waals surface area contributed by atoms with Crippen LogP contribution in [0.3, 0.4) is 0 Å². The van der Waals surface area contributed by atoms with Crippen LogP contribution in [0, 0.1) is 0 Å². The fourth-order valence-corrected chi connectivity index (χ4v) is 2.20. The molecule has 0 aliphatic rings. The highest BCUT2D eigenvalue weighted by molar-refractivity contribution is 5.47. The Balaban J connectivity index is 3.24. The Kier molecular flexibility index (Phi) is 5.17. The smallest absolute Gasteiger partial charge is 0.122 e. The Morgan fingerprint density at radius 1 is 0.842 bits per heavy atom. The van der Waals surface area contributed by atoms with Crippen LogP contribution >= 0.6 is 0 Å². The molecular weight excluding hydrogens is 232 g/mol. The van der Waals surface area contributed by atoms with Crippen molar-refractivity contribution in [2.45, 2.75) is 40.0 Å². The molecule has 0 spiro atoms. The largest absolute Gasteiger partial charge is 0.507 e. The average molecular weight is 256 g/mol. The second-order valence-corrected chi connectivity index (χ2v) is 5.66. The summed E-state index contributed by atoms with van der Waals surface area (Å²) in [6.07, 6.45) is 2.25. The molecule has 1 nitrogen and oxygen atoms in total. The van der Waals surface area contributed by atoms with Crippen LogP contribution in [0.4, 0.5) is 0 Å². The third kappa shape index (κ3) is 4.78. The van der Waals surface area contributed by atoms with E-state index < -0.39 is 0 Å². The van der Waals surface area contributed by atoms with Gasteiger partial charge in [-0.1, -0.05) is 48.6 Å².